The van der Waals surface area contributed by atoms with Gasteiger partial charge < -0.3 is 20.0 Å². The zero-order chi connectivity index (χ0) is 19.9. The van der Waals surface area contributed by atoms with Crippen LogP contribution in [0.2, 0.25) is 0 Å². The maximum atomic E-state index is 12.1. The second-order valence-corrected chi connectivity index (χ2v) is 7.22. The predicted molar refractivity (Wildman–Crippen MR) is 120 cm³/mol. The molecular formula is C18H30IN7O2. The summed E-state index contributed by atoms with van der Waals surface area (Å²) in [5.41, 5.74) is -0.259. The number of aliphatic imine (C=N–C) groups is 1. The van der Waals surface area contributed by atoms with Crippen LogP contribution in [0.25, 0.3) is 11.6 Å². The van der Waals surface area contributed by atoms with E-state index in [1.54, 1.807) is 17.2 Å². The zero-order valence-electron chi connectivity index (χ0n) is 17.1. The molecular weight excluding hydrogens is 473 g/mol. The second kappa shape index (κ2) is 11.0. The molecule has 0 saturated heterocycles. The maximum absolute atomic E-state index is 12.1. The first kappa shape index (κ1) is 23.9. The number of nitrogens with zero attached hydrogens (tertiary/aromatic N) is 4. The number of amides is 1. The van der Waals surface area contributed by atoms with Crippen LogP contribution in [0.15, 0.2) is 27.8 Å². The van der Waals surface area contributed by atoms with Gasteiger partial charge in [-0.15, -0.1) is 24.0 Å². The third kappa shape index (κ3) is 7.87. The Bertz CT molecular complexity index is 750. The van der Waals surface area contributed by atoms with Gasteiger partial charge in [-0.05, 0) is 39.8 Å². The van der Waals surface area contributed by atoms with E-state index in [1.165, 1.54) is 0 Å². The first-order valence-electron chi connectivity index (χ1n) is 9.04. The van der Waals surface area contributed by atoms with Crippen LogP contribution in [-0.2, 0) is 11.2 Å². The second-order valence-electron chi connectivity index (χ2n) is 7.22. The fourth-order valence-electron chi connectivity index (χ4n) is 2.41. The van der Waals surface area contributed by atoms with Gasteiger partial charge >= 0.3 is 0 Å². The van der Waals surface area contributed by atoms with E-state index in [-0.39, 0.29) is 42.0 Å². The molecule has 0 bridgehead atoms. The molecule has 0 atom stereocenters. The number of halogens is 1. The standard InChI is InChI=1S/C18H29N7O2.HI/c1-6-19-17(25(5)12-15(26)22-18(2,3)4)20-10-9-14-21-16(24-23-14)13-8-7-11-27-13;/h7-8,11H,6,9-10,12H2,1-5H3,(H,19,20)(H,22,26)(H,21,23,24);1H. The minimum atomic E-state index is -0.259. The molecule has 0 aliphatic carbocycles. The van der Waals surface area contributed by atoms with Crippen LogP contribution >= 0.6 is 24.0 Å². The average molecular weight is 503 g/mol. The topological polar surface area (TPSA) is 111 Å². The molecule has 0 radical (unpaired) electrons. The van der Waals surface area contributed by atoms with Crippen LogP contribution in [0.3, 0.4) is 0 Å². The number of hydrogen-bond acceptors (Lipinski definition) is 5. The Morgan fingerprint density at radius 2 is 2.14 bits per heavy atom. The van der Waals surface area contributed by atoms with E-state index >= 15 is 0 Å². The SMILES string of the molecule is CCNC(=NCCc1nc(-c2ccco2)n[nH]1)N(C)CC(=O)NC(C)(C)C.I. The lowest BCUT2D eigenvalue weighted by Gasteiger charge is -2.25. The van der Waals surface area contributed by atoms with Gasteiger partial charge in [0.1, 0.15) is 5.82 Å². The number of carbonyl (C=O) groups excluding carboxylic acids is 1. The van der Waals surface area contributed by atoms with Gasteiger partial charge in [0, 0.05) is 32.1 Å². The summed E-state index contributed by atoms with van der Waals surface area (Å²) in [5.74, 6) is 2.51. The lowest BCUT2D eigenvalue weighted by molar-refractivity contribution is -0.122. The van der Waals surface area contributed by atoms with Crippen molar-refractivity contribution in [3.8, 4) is 11.6 Å². The predicted octanol–water partition coefficient (Wildman–Crippen LogP) is 2.04. The molecule has 2 heterocycles. The van der Waals surface area contributed by atoms with E-state index in [4.69, 9.17) is 4.42 Å². The molecule has 28 heavy (non-hydrogen) atoms. The van der Waals surface area contributed by atoms with Gasteiger partial charge in [-0.25, -0.2) is 4.98 Å². The Labute approximate surface area is 182 Å². The van der Waals surface area contributed by atoms with Gasteiger partial charge in [0.25, 0.3) is 0 Å². The van der Waals surface area contributed by atoms with Crippen molar-refractivity contribution < 1.29 is 9.21 Å². The number of likely N-dealkylation sites (N-methyl/N-ethyl adjacent to an activating group) is 1. The van der Waals surface area contributed by atoms with Crippen molar-refractivity contribution in [1.82, 2.24) is 30.7 Å². The van der Waals surface area contributed by atoms with E-state index in [2.05, 4.69) is 30.8 Å². The summed E-state index contributed by atoms with van der Waals surface area (Å²) >= 11 is 0. The van der Waals surface area contributed by atoms with Crippen molar-refractivity contribution in [1.29, 1.82) is 0 Å². The molecule has 2 aromatic heterocycles. The number of H-pyrrole nitrogens is 1. The van der Waals surface area contributed by atoms with Crippen molar-refractivity contribution in [2.75, 3.05) is 26.7 Å². The number of furan rings is 1. The van der Waals surface area contributed by atoms with Crippen molar-refractivity contribution in [2.45, 2.75) is 39.7 Å². The summed E-state index contributed by atoms with van der Waals surface area (Å²) in [7, 11) is 1.84. The van der Waals surface area contributed by atoms with Crippen molar-refractivity contribution >= 4 is 35.8 Å². The number of carbonyl (C=O) groups is 1. The van der Waals surface area contributed by atoms with Crippen molar-refractivity contribution in [3.63, 3.8) is 0 Å². The van der Waals surface area contributed by atoms with Crippen LogP contribution in [0.5, 0.6) is 0 Å². The quantitative estimate of drug-likeness (QED) is 0.303. The lowest BCUT2D eigenvalue weighted by Crippen LogP contribution is -2.48. The molecule has 0 aromatic carbocycles. The van der Waals surface area contributed by atoms with Gasteiger partial charge in [-0.2, -0.15) is 5.10 Å². The zero-order valence-corrected chi connectivity index (χ0v) is 19.4. The third-order valence-corrected chi connectivity index (χ3v) is 3.48. The molecule has 3 N–H and O–H groups in total. The summed E-state index contributed by atoms with van der Waals surface area (Å²) in [5, 5.41) is 13.2. The molecule has 2 aromatic rings. The van der Waals surface area contributed by atoms with Gasteiger partial charge in [-0.1, -0.05) is 0 Å². The molecule has 1 amide bonds. The lowest BCUT2D eigenvalue weighted by atomic mass is 10.1. The highest BCUT2D eigenvalue weighted by Gasteiger charge is 2.16. The number of hydrogen-bond donors (Lipinski definition) is 3. The summed E-state index contributed by atoms with van der Waals surface area (Å²) in [6.45, 7) is 9.32. The maximum Gasteiger partial charge on any atom is 0.240 e. The molecule has 156 valence electrons. The number of rotatable bonds is 7. The third-order valence-electron chi connectivity index (χ3n) is 3.48. The molecule has 0 aliphatic heterocycles. The van der Waals surface area contributed by atoms with Crippen molar-refractivity contribution in [3.05, 3.63) is 24.2 Å². The van der Waals surface area contributed by atoms with Crippen LogP contribution < -0.4 is 10.6 Å². The van der Waals surface area contributed by atoms with Crippen molar-refractivity contribution in [2.24, 2.45) is 4.99 Å². The Balaban J connectivity index is 0.00000392. The molecule has 0 unspecified atom stereocenters. The first-order valence-corrected chi connectivity index (χ1v) is 9.04. The van der Waals surface area contributed by atoms with E-state index in [1.807, 2.05) is 40.8 Å². The summed E-state index contributed by atoms with van der Waals surface area (Å²) in [6, 6.07) is 3.61. The van der Waals surface area contributed by atoms with Crippen LogP contribution in [0.1, 0.15) is 33.5 Å². The Hall–Kier alpha value is -2.11. The minimum absolute atomic E-state index is 0. The van der Waals surface area contributed by atoms with E-state index in [9.17, 15) is 4.79 Å². The molecule has 0 fully saturated rings. The number of nitrogens with one attached hydrogen (secondary N) is 3. The summed E-state index contributed by atoms with van der Waals surface area (Å²) in [4.78, 5) is 22.9. The fourth-order valence-corrected chi connectivity index (χ4v) is 2.41. The summed E-state index contributed by atoms with van der Waals surface area (Å²) in [6.07, 6.45) is 2.19. The Morgan fingerprint density at radius 3 is 2.75 bits per heavy atom. The normalized spacial score (nSPS) is 11.7. The minimum Gasteiger partial charge on any atom is -0.461 e. The fraction of sp³-hybridized carbons (Fsp3) is 0.556. The first-order chi connectivity index (χ1) is 12.8. The molecule has 0 aliphatic rings. The highest BCUT2D eigenvalue weighted by molar-refractivity contribution is 14.0. The molecule has 0 spiro atoms. The van der Waals surface area contributed by atoms with E-state index < -0.39 is 0 Å². The monoisotopic (exact) mass is 503 g/mol. The van der Waals surface area contributed by atoms with Gasteiger partial charge in [0.15, 0.2) is 11.7 Å². The molecule has 9 nitrogen and oxygen atoms in total. The van der Waals surface area contributed by atoms with E-state index in [0.717, 1.165) is 12.4 Å². The van der Waals surface area contributed by atoms with Crippen LogP contribution in [0.4, 0.5) is 0 Å². The average Bonchev–Trinajstić information content (AvgIpc) is 3.23. The van der Waals surface area contributed by atoms with Gasteiger partial charge in [0.2, 0.25) is 11.7 Å². The Kier molecular flexibility index (Phi) is 9.42. The van der Waals surface area contributed by atoms with Crippen LogP contribution in [-0.4, -0.2) is 64.2 Å². The molecule has 10 heteroatoms. The molecule has 0 saturated carbocycles. The largest absolute Gasteiger partial charge is 0.461 e. The van der Waals surface area contributed by atoms with Gasteiger partial charge in [0.05, 0.1) is 12.8 Å². The molecule has 2 rings (SSSR count). The van der Waals surface area contributed by atoms with Gasteiger partial charge in [-0.3, -0.25) is 14.9 Å². The number of aromatic nitrogens is 3. The van der Waals surface area contributed by atoms with E-state index in [0.29, 0.717) is 30.5 Å². The Morgan fingerprint density at radius 1 is 1.39 bits per heavy atom. The number of aromatic amines is 1. The summed E-state index contributed by atoms with van der Waals surface area (Å²) < 4.78 is 5.28. The number of guanidine groups is 1. The highest BCUT2D eigenvalue weighted by atomic mass is 127. The smallest absolute Gasteiger partial charge is 0.240 e. The highest BCUT2D eigenvalue weighted by Crippen LogP contribution is 2.14. The van der Waals surface area contributed by atoms with Crippen LogP contribution in [0, 0.1) is 0 Å².